The molecule has 0 aliphatic carbocycles. The number of anilines is 1. The van der Waals surface area contributed by atoms with Gasteiger partial charge in [0, 0.05) is 23.0 Å². The van der Waals surface area contributed by atoms with Gasteiger partial charge in [-0.15, -0.1) is 0 Å². The van der Waals surface area contributed by atoms with Gasteiger partial charge in [-0.05, 0) is 52.0 Å². The molecule has 0 bridgehead atoms. The summed E-state index contributed by atoms with van der Waals surface area (Å²) in [5, 5.41) is 0.365. The minimum atomic E-state index is -0.607. The summed E-state index contributed by atoms with van der Waals surface area (Å²) in [6.07, 6.45) is 0. The maximum Gasteiger partial charge on any atom is 0.338 e. The smallest absolute Gasteiger partial charge is 0.338 e. The summed E-state index contributed by atoms with van der Waals surface area (Å²) in [6, 6.07) is 6.54. The number of hydrogen-bond acceptors (Lipinski definition) is 4. The molecule has 24 heavy (non-hydrogen) atoms. The van der Waals surface area contributed by atoms with Gasteiger partial charge in [0.25, 0.3) is 0 Å². The van der Waals surface area contributed by atoms with Crippen LogP contribution in [-0.2, 0) is 4.74 Å². The average molecular weight is 349 g/mol. The van der Waals surface area contributed by atoms with E-state index >= 15 is 0 Å². The Balaban J connectivity index is 2.09. The number of aryl methyl sites for hydroxylation is 1. The molecule has 0 amide bonds. The molecule has 0 aliphatic heterocycles. The Morgan fingerprint density at radius 3 is 2.46 bits per heavy atom. The minimum Gasteiger partial charge on any atom is -0.454 e. The fourth-order valence-corrected chi connectivity index (χ4v) is 2.93. The van der Waals surface area contributed by atoms with Crippen molar-refractivity contribution in [3.05, 3.63) is 51.8 Å². The summed E-state index contributed by atoms with van der Waals surface area (Å²) in [5.74, 6) is -0.838. The van der Waals surface area contributed by atoms with E-state index in [0.29, 0.717) is 10.6 Å². The number of esters is 1. The lowest BCUT2D eigenvalue weighted by Crippen LogP contribution is -2.15. The van der Waals surface area contributed by atoms with E-state index in [1.165, 1.54) is 18.2 Å². The fraction of sp³-hybridized carbons (Fsp3) is 0.333. The fourth-order valence-electron chi connectivity index (χ4n) is 2.82. The van der Waals surface area contributed by atoms with Gasteiger partial charge in [-0.25, -0.2) is 4.79 Å². The van der Waals surface area contributed by atoms with Crippen molar-refractivity contribution in [1.82, 2.24) is 4.57 Å². The summed E-state index contributed by atoms with van der Waals surface area (Å²) in [5.41, 5.74) is 8.67. The number of ether oxygens (including phenoxy) is 1. The number of nitrogens with zero attached hydrogens (tertiary/aromatic N) is 1. The molecule has 0 saturated heterocycles. The van der Waals surface area contributed by atoms with Crippen LogP contribution in [0.1, 0.15) is 52.0 Å². The third-order valence-corrected chi connectivity index (χ3v) is 4.21. The molecule has 0 fully saturated rings. The summed E-state index contributed by atoms with van der Waals surface area (Å²) in [4.78, 5) is 24.4. The van der Waals surface area contributed by atoms with Crippen LogP contribution in [0.5, 0.6) is 0 Å². The van der Waals surface area contributed by atoms with Crippen molar-refractivity contribution < 1.29 is 14.3 Å². The Hall–Kier alpha value is -2.27. The molecule has 1 aromatic heterocycles. The molecule has 2 rings (SSSR count). The number of aromatic nitrogens is 1. The Bertz CT molecular complexity index is 794. The number of halogens is 1. The molecule has 0 saturated carbocycles. The van der Waals surface area contributed by atoms with Crippen molar-refractivity contribution in [2.45, 2.75) is 33.7 Å². The summed E-state index contributed by atoms with van der Waals surface area (Å²) in [6.45, 7) is 7.64. The molecule has 128 valence electrons. The van der Waals surface area contributed by atoms with Crippen LogP contribution < -0.4 is 5.73 Å². The van der Waals surface area contributed by atoms with Gasteiger partial charge in [-0.2, -0.15) is 0 Å². The van der Waals surface area contributed by atoms with Crippen LogP contribution >= 0.6 is 11.6 Å². The van der Waals surface area contributed by atoms with Crippen LogP contribution in [0.3, 0.4) is 0 Å². The lowest BCUT2D eigenvalue weighted by molar-refractivity contribution is 0.0474. The number of hydrogen-bond donors (Lipinski definition) is 1. The predicted molar refractivity (Wildman–Crippen MR) is 94.8 cm³/mol. The largest absolute Gasteiger partial charge is 0.454 e. The van der Waals surface area contributed by atoms with Crippen LogP contribution in [0.2, 0.25) is 5.02 Å². The van der Waals surface area contributed by atoms with E-state index in [2.05, 4.69) is 18.4 Å². The minimum absolute atomic E-state index is 0.231. The van der Waals surface area contributed by atoms with E-state index in [9.17, 15) is 9.59 Å². The standard InChI is InChI=1S/C18H21ClN2O3/c1-10(2)21-11(3)7-14(12(21)4)17(22)9-24-18(23)13-5-6-15(19)16(20)8-13/h5-8,10H,9,20H2,1-4H3. The molecule has 6 heteroatoms. The van der Waals surface area contributed by atoms with E-state index in [4.69, 9.17) is 22.1 Å². The number of carbonyl (C=O) groups excluding carboxylic acids is 2. The number of rotatable bonds is 5. The Morgan fingerprint density at radius 2 is 1.92 bits per heavy atom. The Labute approximate surface area is 146 Å². The zero-order chi connectivity index (χ0) is 18.0. The summed E-state index contributed by atoms with van der Waals surface area (Å²) in [7, 11) is 0. The number of nitrogens with two attached hydrogens (primary N) is 1. The van der Waals surface area contributed by atoms with Crippen molar-refractivity contribution in [3.8, 4) is 0 Å². The first-order valence-electron chi connectivity index (χ1n) is 7.66. The number of ketones is 1. The van der Waals surface area contributed by atoms with Gasteiger partial charge in [-0.3, -0.25) is 4.79 Å². The van der Waals surface area contributed by atoms with E-state index < -0.39 is 5.97 Å². The molecular formula is C18H21ClN2O3. The highest BCUT2D eigenvalue weighted by atomic mass is 35.5. The number of Topliss-reactive ketones (excluding diaryl/α,β-unsaturated/α-hetero) is 1. The molecule has 0 unspecified atom stereocenters. The van der Waals surface area contributed by atoms with E-state index in [1.807, 2.05) is 19.9 Å². The van der Waals surface area contributed by atoms with Crippen LogP contribution in [0.4, 0.5) is 5.69 Å². The number of carbonyl (C=O) groups is 2. The van der Waals surface area contributed by atoms with Crippen molar-refractivity contribution >= 4 is 29.0 Å². The zero-order valence-electron chi connectivity index (χ0n) is 14.2. The molecule has 1 heterocycles. The maximum atomic E-state index is 12.4. The van der Waals surface area contributed by atoms with Crippen LogP contribution in [0.25, 0.3) is 0 Å². The summed E-state index contributed by atoms with van der Waals surface area (Å²) < 4.78 is 7.19. The SMILES string of the molecule is Cc1cc(C(=O)COC(=O)c2ccc(Cl)c(N)c2)c(C)n1C(C)C. The summed E-state index contributed by atoms with van der Waals surface area (Å²) >= 11 is 5.82. The van der Waals surface area contributed by atoms with Crippen molar-refractivity contribution in [3.63, 3.8) is 0 Å². The first-order valence-corrected chi connectivity index (χ1v) is 8.04. The molecule has 2 aromatic rings. The molecule has 5 nitrogen and oxygen atoms in total. The highest BCUT2D eigenvalue weighted by Crippen LogP contribution is 2.22. The van der Waals surface area contributed by atoms with Gasteiger partial charge in [-0.1, -0.05) is 11.6 Å². The van der Waals surface area contributed by atoms with Gasteiger partial charge in [0.2, 0.25) is 5.78 Å². The van der Waals surface area contributed by atoms with Crippen LogP contribution in [0.15, 0.2) is 24.3 Å². The number of nitrogen functional groups attached to an aromatic ring is 1. The third-order valence-electron chi connectivity index (χ3n) is 3.87. The van der Waals surface area contributed by atoms with Crippen LogP contribution in [0, 0.1) is 13.8 Å². The monoisotopic (exact) mass is 348 g/mol. The quantitative estimate of drug-likeness (QED) is 0.504. The average Bonchev–Trinajstić information content (AvgIpc) is 2.82. The number of benzene rings is 1. The van der Waals surface area contributed by atoms with E-state index in [0.717, 1.165) is 11.4 Å². The molecule has 1 aromatic carbocycles. The topological polar surface area (TPSA) is 74.3 Å². The second kappa shape index (κ2) is 7.09. The second-order valence-electron chi connectivity index (χ2n) is 5.98. The Kier molecular flexibility index (Phi) is 5.34. The van der Waals surface area contributed by atoms with Gasteiger partial charge in [0.15, 0.2) is 6.61 Å². The zero-order valence-corrected chi connectivity index (χ0v) is 15.0. The molecule has 0 radical (unpaired) electrons. The molecular weight excluding hydrogens is 328 g/mol. The van der Waals surface area contributed by atoms with Gasteiger partial charge >= 0.3 is 5.97 Å². The highest BCUT2D eigenvalue weighted by molar-refractivity contribution is 6.33. The molecule has 2 N–H and O–H groups in total. The molecule has 0 aliphatic rings. The second-order valence-corrected chi connectivity index (χ2v) is 6.39. The maximum absolute atomic E-state index is 12.4. The lowest BCUT2D eigenvalue weighted by Gasteiger charge is -2.13. The van der Waals surface area contributed by atoms with Gasteiger partial charge in [0.05, 0.1) is 16.3 Å². The van der Waals surface area contributed by atoms with Gasteiger partial charge in [0.1, 0.15) is 0 Å². The third kappa shape index (κ3) is 3.62. The van der Waals surface area contributed by atoms with Gasteiger partial charge < -0.3 is 15.0 Å². The normalized spacial score (nSPS) is 10.9. The lowest BCUT2D eigenvalue weighted by atomic mass is 10.1. The van der Waals surface area contributed by atoms with Crippen molar-refractivity contribution in [2.75, 3.05) is 12.3 Å². The Morgan fingerprint density at radius 1 is 1.25 bits per heavy atom. The highest BCUT2D eigenvalue weighted by Gasteiger charge is 2.19. The molecule has 0 spiro atoms. The van der Waals surface area contributed by atoms with E-state index in [1.54, 1.807) is 0 Å². The van der Waals surface area contributed by atoms with E-state index in [-0.39, 0.29) is 29.7 Å². The van der Waals surface area contributed by atoms with Crippen LogP contribution in [-0.4, -0.2) is 22.9 Å². The molecule has 0 atom stereocenters. The van der Waals surface area contributed by atoms with Crippen molar-refractivity contribution in [2.24, 2.45) is 0 Å². The van der Waals surface area contributed by atoms with Crippen molar-refractivity contribution in [1.29, 1.82) is 0 Å². The predicted octanol–water partition coefficient (Wildman–Crippen LogP) is 3.96. The first-order chi connectivity index (χ1) is 11.2. The first kappa shape index (κ1) is 18.1.